The van der Waals surface area contributed by atoms with Crippen molar-refractivity contribution in [2.45, 2.75) is 19.0 Å². The fourth-order valence-electron chi connectivity index (χ4n) is 3.41. The molecule has 2 aromatic carbocycles. The number of carbonyl (C=O) groups is 1. The third-order valence-electron chi connectivity index (χ3n) is 5.38. The lowest BCUT2D eigenvalue weighted by Gasteiger charge is -2.15. The lowest BCUT2D eigenvalue weighted by atomic mass is 9.99. The van der Waals surface area contributed by atoms with E-state index in [0.29, 0.717) is 29.3 Å². The molecule has 0 fully saturated rings. The van der Waals surface area contributed by atoms with Crippen molar-refractivity contribution in [1.29, 1.82) is 0 Å². The van der Waals surface area contributed by atoms with E-state index >= 15 is 0 Å². The zero-order chi connectivity index (χ0) is 26.8. The fourth-order valence-corrected chi connectivity index (χ4v) is 3.41. The van der Waals surface area contributed by atoms with E-state index in [1.54, 1.807) is 36.8 Å². The van der Waals surface area contributed by atoms with Gasteiger partial charge in [0.1, 0.15) is 0 Å². The van der Waals surface area contributed by atoms with Crippen molar-refractivity contribution in [3.05, 3.63) is 96.4 Å². The van der Waals surface area contributed by atoms with Crippen LogP contribution in [0.1, 0.15) is 24.0 Å². The van der Waals surface area contributed by atoms with Crippen LogP contribution < -0.4 is 16.8 Å². The average Bonchev–Trinajstić information content (AvgIpc) is 2.92. The lowest BCUT2D eigenvalue weighted by molar-refractivity contribution is -0.137. The number of nitrogens with two attached hydrogens (primary N) is 2. The molecule has 0 aliphatic carbocycles. The quantitative estimate of drug-likeness (QED) is 0.291. The first-order valence-electron chi connectivity index (χ1n) is 11.4. The first-order valence-corrected chi connectivity index (χ1v) is 11.4. The highest BCUT2D eigenvalue weighted by Gasteiger charge is 2.30. The molecule has 11 heteroatoms. The average molecular weight is 545 g/mol. The van der Waals surface area contributed by atoms with Gasteiger partial charge in [0.15, 0.2) is 0 Å². The summed E-state index contributed by atoms with van der Waals surface area (Å²) in [5.41, 5.74) is 11.9. The molecule has 0 aliphatic heterocycles. The van der Waals surface area contributed by atoms with Gasteiger partial charge in [-0.25, -0.2) is 9.97 Å². The third kappa shape index (κ3) is 8.53. The topological polar surface area (TPSA) is 120 Å². The van der Waals surface area contributed by atoms with Crippen LogP contribution >= 0.6 is 12.4 Å². The molecular weight excluding hydrogens is 517 g/mol. The number of rotatable bonds is 7. The van der Waals surface area contributed by atoms with E-state index in [1.807, 2.05) is 18.2 Å². The molecule has 0 aliphatic rings. The number of carbonyl (C=O) groups excluding carboxylic acids is 1. The number of anilines is 1. The summed E-state index contributed by atoms with van der Waals surface area (Å²) in [5.74, 6) is 0.174. The van der Waals surface area contributed by atoms with E-state index in [-0.39, 0.29) is 24.9 Å². The zero-order valence-corrected chi connectivity index (χ0v) is 21.3. The van der Waals surface area contributed by atoms with E-state index < -0.39 is 17.6 Å². The van der Waals surface area contributed by atoms with Crippen molar-refractivity contribution in [3.8, 4) is 22.4 Å². The predicted octanol–water partition coefficient (Wildman–Crippen LogP) is 5.29. The number of hydrogen-bond donors (Lipinski definition) is 3. The number of hydrogen-bond acceptors (Lipinski definition) is 6. The molecule has 1 atom stereocenters. The Morgan fingerprint density at radius 2 is 1.66 bits per heavy atom. The van der Waals surface area contributed by atoms with Crippen molar-refractivity contribution >= 4 is 24.3 Å². The number of benzene rings is 2. The van der Waals surface area contributed by atoms with E-state index in [0.717, 1.165) is 17.7 Å². The highest BCUT2D eigenvalue weighted by atomic mass is 35.5. The Hall–Kier alpha value is -4.02. The fraction of sp³-hybridized carbons (Fsp3) is 0.185. The Balaban J connectivity index is 0.000000774. The van der Waals surface area contributed by atoms with E-state index in [4.69, 9.17) is 5.73 Å². The van der Waals surface area contributed by atoms with Gasteiger partial charge in [-0.2, -0.15) is 13.2 Å². The molecule has 4 rings (SSSR count). The Labute approximate surface area is 224 Å². The van der Waals surface area contributed by atoms with Crippen LogP contribution in [0, 0.1) is 0 Å². The highest BCUT2D eigenvalue weighted by Crippen LogP contribution is 2.35. The summed E-state index contributed by atoms with van der Waals surface area (Å²) >= 11 is 0. The van der Waals surface area contributed by atoms with Gasteiger partial charge in [0.25, 0.3) is 0 Å². The predicted molar refractivity (Wildman–Crippen MR) is 145 cm³/mol. The Morgan fingerprint density at radius 1 is 1.00 bits per heavy atom. The minimum absolute atomic E-state index is 0. The molecule has 200 valence electrons. The number of alkyl halides is 3. The van der Waals surface area contributed by atoms with E-state index in [1.165, 1.54) is 11.6 Å². The van der Waals surface area contributed by atoms with Crippen molar-refractivity contribution in [3.63, 3.8) is 0 Å². The Morgan fingerprint density at radius 3 is 2.26 bits per heavy atom. The first kappa shape index (κ1) is 30.2. The van der Waals surface area contributed by atoms with Crippen LogP contribution in [0.15, 0.2) is 85.3 Å². The minimum Gasteiger partial charge on any atom is -0.369 e. The number of pyridine rings is 1. The summed E-state index contributed by atoms with van der Waals surface area (Å²) < 4.78 is 39.7. The van der Waals surface area contributed by atoms with Crippen LogP contribution in [0.25, 0.3) is 22.4 Å². The smallest absolute Gasteiger partial charge is 0.369 e. The number of amides is 1. The Bertz CT molecular complexity index is 1310. The van der Waals surface area contributed by atoms with Crippen LogP contribution in [-0.4, -0.2) is 33.9 Å². The second-order valence-electron chi connectivity index (χ2n) is 8.13. The number of nitrogens with zero attached hydrogens (tertiary/aromatic N) is 3. The molecule has 4 aromatic rings. The summed E-state index contributed by atoms with van der Waals surface area (Å²) in [6, 6.07) is 18.8. The van der Waals surface area contributed by atoms with Gasteiger partial charge < -0.3 is 16.8 Å². The molecule has 0 saturated heterocycles. The summed E-state index contributed by atoms with van der Waals surface area (Å²) in [6.45, 7) is 2.66. The van der Waals surface area contributed by atoms with Crippen molar-refractivity contribution < 1.29 is 18.0 Å². The summed E-state index contributed by atoms with van der Waals surface area (Å²) in [4.78, 5) is 22.5. The largest absolute Gasteiger partial charge is 0.416 e. The number of halogens is 4. The molecule has 1 unspecified atom stereocenters. The Kier molecular flexibility index (Phi) is 11.2. The SMILES string of the molecule is CC(CNc1ncc(-c2cccc(C(F)(F)F)c2)c(-c2ccncc2)n1)c1ccccc1.Cl.NCC(N)=O. The normalized spacial score (nSPS) is 11.4. The molecule has 0 radical (unpaired) electrons. The van der Waals surface area contributed by atoms with Gasteiger partial charge in [0.2, 0.25) is 11.9 Å². The van der Waals surface area contributed by atoms with Crippen LogP contribution in [0.2, 0.25) is 0 Å². The number of nitrogens with one attached hydrogen (secondary N) is 1. The second kappa shape index (κ2) is 14.1. The summed E-state index contributed by atoms with van der Waals surface area (Å²) in [6.07, 6.45) is 0.381. The molecule has 2 heterocycles. The van der Waals surface area contributed by atoms with E-state index in [9.17, 15) is 18.0 Å². The minimum atomic E-state index is -4.43. The monoisotopic (exact) mass is 544 g/mol. The molecule has 0 bridgehead atoms. The number of primary amides is 1. The summed E-state index contributed by atoms with van der Waals surface area (Å²) in [5, 5.41) is 3.25. The van der Waals surface area contributed by atoms with Crippen LogP contribution in [-0.2, 0) is 11.0 Å². The van der Waals surface area contributed by atoms with Gasteiger partial charge >= 0.3 is 6.18 Å². The summed E-state index contributed by atoms with van der Waals surface area (Å²) in [7, 11) is 0. The molecule has 38 heavy (non-hydrogen) atoms. The van der Waals surface area contributed by atoms with Gasteiger partial charge in [-0.15, -0.1) is 12.4 Å². The maximum Gasteiger partial charge on any atom is 0.416 e. The second-order valence-corrected chi connectivity index (χ2v) is 8.13. The lowest BCUT2D eigenvalue weighted by Crippen LogP contribution is -2.21. The third-order valence-corrected chi connectivity index (χ3v) is 5.38. The molecule has 5 N–H and O–H groups in total. The molecule has 0 spiro atoms. The van der Waals surface area contributed by atoms with Crippen molar-refractivity contribution in [2.75, 3.05) is 18.4 Å². The molecule has 1 amide bonds. The molecular formula is C27H28ClF3N6O. The molecule has 0 saturated carbocycles. The van der Waals surface area contributed by atoms with Crippen LogP contribution in [0.4, 0.5) is 19.1 Å². The van der Waals surface area contributed by atoms with Gasteiger partial charge in [-0.1, -0.05) is 49.4 Å². The van der Waals surface area contributed by atoms with Crippen LogP contribution in [0.3, 0.4) is 0 Å². The standard InChI is InChI=1S/C25H21F3N4.C2H6N2O.ClH/c1-17(18-6-3-2-4-7-18)15-30-24-31-16-22(23(32-24)19-10-12-29-13-11-19)20-8-5-9-21(14-20)25(26,27)28;3-1-2(4)5;/h2-14,16-17H,15H2,1H3,(H,30,31,32);1,3H2,(H2,4,5);1H. The van der Waals surface area contributed by atoms with Gasteiger partial charge in [-0.05, 0) is 41.3 Å². The highest BCUT2D eigenvalue weighted by molar-refractivity contribution is 5.85. The van der Waals surface area contributed by atoms with Crippen molar-refractivity contribution in [1.82, 2.24) is 15.0 Å². The number of aromatic nitrogens is 3. The maximum atomic E-state index is 13.2. The maximum absolute atomic E-state index is 13.2. The van der Waals surface area contributed by atoms with Crippen LogP contribution in [0.5, 0.6) is 0 Å². The zero-order valence-electron chi connectivity index (χ0n) is 20.5. The molecule has 2 aromatic heterocycles. The van der Waals surface area contributed by atoms with Crippen molar-refractivity contribution in [2.24, 2.45) is 11.5 Å². The first-order chi connectivity index (χ1) is 17.7. The van der Waals surface area contributed by atoms with Gasteiger partial charge in [0.05, 0.1) is 17.8 Å². The van der Waals surface area contributed by atoms with Gasteiger partial charge in [-0.3, -0.25) is 9.78 Å². The van der Waals surface area contributed by atoms with Gasteiger partial charge in [0, 0.05) is 36.3 Å². The van der Waals surface area contributed by atoms with E-state index in [2.05, 4.69) is 45.1 Å². The molecule has 7 nitrogen and oxygen atoms in total.